The Morgan fingerprint density at radius 1 is 1.16 bits per heavy atom. The predicted molar refractivity (Wildman–Crippen MR) is 97.6 cm³/mol. The molecular formula is C20H29N3O2. The van der Waals surface area contributed by atoms with Crippen LogP contribution in [-0.4, -0.2) is 74.2 Å². The molecule has 4 heterocycles. The van der Waals surface area contributed by atoms with E-state index in [0.29, 0.717) is 6.04 Å². The third-order valence-corrected chi connectivity index (χ3v) is 6.14. The topological polar surface area (TPSA) is 44.8 Å². The third-order valence-electron chi connectivity index (χ3n) is 6.14. The Bertz CT molecular complexity index is 574. The summed E-state index contributed by atoms with van der Waals surface area (Å²) in [5, 5.41) is 3.14. The molecule has 5 rings (SSSR count). The summed E-state index contributed by atoms with van der Waals surface area (Å²) < 4.78 is 5.47. The van der Waals surface area contributed by atoms with E-state index in [1.165, 1.54) is 32.5 Å². The van der Waals surface area contributed by atoms with Crippen molar-refractivity contribution in [1.29, 1.82) is 0 Å². The highest BCUT2D eigenvalue weighted by atomic mass is 16.5. The Hall–Kier alpha value is -1.43. The zero-order chi connectivity index (χ0) is 17.1. The van der Waals surface area contributed by atoms with Gasteiger partial charge < -0.3 is 10.1 Å². The highest BCUT2D eigenvalue weighted by Gasteiger charge is 2.40. The van der Waals surface area contributed by atoms with E-state index in [0.717, 1.165) is 50.2 Å². The molecule has 4 aliphatic heterocycles. The number of fused-ring (bicyclic) bond motifs is 3. The smallest absolute Gasteiger partial charge is 0.251 e. The highest BCUT2D eigenvalue weighted by molar-refractivity contribution is 5.94. The van der Waals surface area contributed by atoms with E-state index in [-0.39, 0.29) is 5.91 Å². The molecule has 5 heteroatoms. The lowest BCUT2D eigenvalue weighted by molar-refractivity contribution is -0.0292. The molecule has 1 amide bonds. The molecule has 4 atom stereocenters. The maximum absolute atomic E-state index is 12.3. The molecule has 2 bridgehead atoms. The Morgan fingerprint density at radius 3 is 2.68 bits per heavy atom. The number of rotatable bonds is 5. The average molecular weight is 343 g/mol. The van der Waals surface area contributed by atoms with E-state index in [4.69, 9.17) is 4.74 Å². The van der Waals surface area contributed by atoms with Crippen molar-refractivity contribution >= 4 is 5.91 Å². The molecular weight excluding hydrogens is 314 g/mol. The van der Waals surface area contributed by atoms with Crippen LogP contribution in [0.15, 0.2) is 30.3 Å². The first-order valence-electron chi connectivity index (χ1n) is 9.67. The van der Waals surface area contributed by atoms with Gasteiger partial charge in [-0.2, -0.15) is 0 Å². The highest BCUT2D eigenvalue weighted by Crippen LogP contribution is 2.36. The molecule has 4 fully saturated rings. The number of ether oxygens (including phenoxy) is 1. The Morgan fingerprint density at radius 2 is 1.96 bits per heavy atom. The van der Waals surface area contributed by atoms with Crippen molar-refractivity contribution in [2.24, 2.45) is 11.8 Å². The van der Waals surface area contributed by atoms with Crippen LogP contribution in [0.1, 0.15) is 23.2 Å². The van der Waals surface area contributed by atoms with Gasteiger partial charge in [0.05, 0.1) is 13.2 Å². The van der Waals surface area contributed by atoms with Crippen LogP contribution in [0.4, 0.5) is 0 Å². The molecule has 136 valence electrons. The van der Waals surface area contributed by atoms with Crippen LogP contribution in [0.2, 0.25) is 0 Å². The van der Waals surface area contributed by atoms with E-state index < -0.39 is 0 Å². The number of morpholine rings is 1. The lowest BCUT2D eigenvalue weighted by Gasteiger charge is -2.51. The monoisotopic (exact) mass is 343 g/mol. The summed E-state index contributed by atoms with van der Waals surface area (Å²) in [6, 6.07) is 10.0. The van der Waals surface area contributed by atoms with Crippen molar-refractivity contribution in [3.8, 4) is 0 Å². The molecule has 5 nitrogen and oxygen atoms in total. The Labute approximate surface area is 150 Å². The minimum Gasteiger partial charge on any atom is -0.379 e. The van der Waals surface area contributed by atoms with E-state index in [1.807, 2.05) is 30.3 Å². The van der Waals surface area contributed by atoms with Gasteiger partial charge in [-0.25, -0.2) is 0 Å². The van der Waals surface area contributed by atoms with Crippen molar-refractivity contribution in [2.75, 3.05) is 52.5 Å². The lowest BCUT2D eigenvalue weighted by Crippen LogP contribution is -2.58. The normalized spacial score (nSPS) is 32.5. The summed E-state index contributed by atoms with van der Waals surface area (Å²) >= 11 is 0. The SMILES string of the molecule is O=C(NCC1CC2CCN1CC2CN1CCOCC1)c1ccccc1. The Balaban J connectivity index is 1.27. The van der Waals surface area contributed by atoms with E-state index in [2.05, 4.69) is 15.1 Å². The minimum atomic E-state index is 0.0492. The number of carbonyl (C=O) groups excluding carboxylic acids is 1. The minimum absolute atomic E-state index is 0.0492. The first-order valence-corrected chi connectivity index (χ1v) is 9.67. The number of carbonyl (C=O) groups is 1. The molecule has 4 saturated heterocycles. The maximum Gasteiger partial charge on any atom is 0.251 e. The maximum atomic E-state index is 12.3. The molecule has 0 aliphatic carbocycles. The summed E-state index contributed by atoms with van der Waals surface area (Å²) in [6.45, 7) is 8.30. The second kappa shape index (κ2) is 7.85. The number of nitrogens with zero attached hydrogens (tertiary/aromatic N) is 2. The number of nitrogens with one attached hydrogen (secondary N) is 1. The van der Waals surface area contributed by atoms with Crippen LogP contribution in [0.3, 0.4) is 0 Å². The van der Waals surface area contributed by atoms with E-state index >= 15 is 0 Å². The molecule has 0 saturated carbocycles. The molecule has 25 heavy (non-hydrogen) atoms. The summed E-state index contributed by atoms with van der Waals surface area (Å²) in [5.41, 5.74) is 0.753. The van der Waals surface area contributed by atoms with Crippen LogP contribution < -0.4 is 5.32 Å². The lowest BCUT2D eigenvalue weighted by atomic mass is 9.75. The number of benzene rings is 1. The summed E-state index contributed by atoms with van der Waals surface area (Å²) in [6.07, 6.45) is 2.54. The summed E-state index contributed by atoms with van der Waals surface area (Å²) in [7, 11) is 0. The standard InChI is InChI=1S/C20H29N3O2/c24-20(16-4-2-1-3-5-16)21-13-19-12-17-6-7-23(19)15-18(17)14-22-8-10-25-11-9-22/h1-5,17-19H,6-15H2,(H,21,24). The first-order chi connectivity index (χ1) is 12.3. The van der Waals surface area contributed by atoms with Gasteiger partial charge in [0.1, 0.15) is 0 Å². The van der Waals surface area contributed by atoms with Crippen LogP contribution in [0, 0.1) is 11.8 Å². The number of hydrogen-bond donors (Lipinski definition) is 1. The zero-order valence-electron chi connectivity index (χ0n) is 14.9. The molecule has 0 spiro atoms. The van der Waals surface area contributed by atoms with Crippen molar-refractivity contribution in [3.05, 3.63) is 35.9 Å². The fraction of sp³-hybridized carbons (Fsp3) is 0.650. The van der Waals surface area contributed by atoms with Gasteiger partial charge in [-0.3, -0.25) is 14.6 Å². The van der Waals surface area contributed by atoms with Crippen LogP contribution in [0.25, 0.3) is 0 Å². The van der Waals surface area contributed by atoms with Crippen molar-refractivity contribution < 1.29 is 9.53 Å². The number of amides is 1. The average Bonchev–Trinajstić information content (AvgIpc) is 2.68. The van der Waals surface area contributed by atoms with Gasteiger partial charge in [-0.05, 0) is 43.4 Å². The van der Waals surface area contributed by atoms with Crippen LogP contribution in [0.5, 0.6) is 0 Å². The Kier molecular flexibility index (Phi) is 5.34. The largest absolute Gasteiger partial charge is 0.379 e. The van der Waals surface area contributed by atoms with Gasteiger partial charge in [0.25, 0.3) is 5.91 Å². The van der Waals surface area contributed by atoms with Gasteiger partial charge in [0, 0.05) is 44.3 Å². The predicted octanol–water partition coefficient (Wildman–Crippen LogP) is 1.46. The zero-order valence-corrected chi connectivity index (χ0v) is 14.9. The van der Waals surface area contributed by atoms with Gasteiger partial charge in [-0.1, -0.05) is 18.2 Å². The summed E-state index contributed by atoms with van der Waals surface area (Å²) in [5.74, 6) is 1.65. The second-order valence-corrected chi connectivity index (χ2v) is 7.68. The number of hydrogen-bond acceptors (Lipinski definition) is 4. The molecule has 4 unspecified atom stereocenters. The number of piperidine rings is 3. The quantitative estimate of drug-likeness (QED) is 0.879. The second-order valence-electron chi connectivity index (χ2n) is 7.68. The summed E-state index contributed by atoms with van der Waals surface area (Å²) in [4.78, 5) is 17.5. The molecule has 0 radical (unpaired) electrons. The van der Waals surface area contributed by atoms with Gasteiger partial charge >= 0.3 is 0 Å². The first kappa shape index (κ1) is 17.0. The van der Waals surface area contributed by atoms with Crippen LogP contribution in [-0.2, 0) is 4.74 Å². The van der Waals surface area contributed by atoms with Crippen molar-refractivity contribution in [2.45, 2.75) is 18.9 Å². The van der Waals surface area contributed by atoms with Gasteiger partial charge in [0.15, 0.2) is 0 Å². The third kappa shape index (κ3) is 4.05. The molecule has 1 aromatic carbocycles. The van der Waals surface area contributed by atoms with Crippen molar-refractivity contribution in [1.82, 2.24) is 15.1 Å². The fourth-order valence-corrected chi connectivity index (χ4v) is 4.69. The van der Waals surface area contributed by atoms with Gasteiger partial charge in [0.2, 0.25) is 0 Å². The van der Waals surface area contributed by atoms with E-state index in [9.17, 15) is 4.79 Å². The molecule has 1 aromatic rings. The van der Waals surface area contributed by atoms with Crippen LogP contribution >= 0.6 is 0 Å². The molecule has 4 aliphatic rings. The molecule has 1 N–H and O–H groups in total. The van der Waals surface area contributed by atoms with Gasteiger partial charge in [-0.15, -0.1) is 0 Å². The molecule has 0 aromatic heterocycles. The fourth-order valence-electron chi connectivity index (χ4n) is 4.69. The van der Waals surface area contributed by atoms with E-state index in [1.54, 1.807) is 0 Å². The van der Waals surface area contributed by atoms with Crippen molar-refractivity contribution in [3.63, 3.8) is 0 Å².